The van der Waals surface area contributed by atoms with E-state index in [1.165, 1.54) is 32.1 Å². The molecular formula is C18H30N2O4. The van der Waals surface area contributed by atoms with Crippen molar-refractivity contribution in [2.24, 2.45) is 5.92 Å². The summed E-state index contributed by atoms with van der Waals surface area (Å²) < 4.78 is 5.74. The molecule has 1 saturated carbocycles. The fourth-order valence-electron chi connectivity index (χ4n) is 3.33. The first kappa shape index (κ1) is 18.9. The number of amides is 2. The molecule has 0 spiro atoms. The number of aliphatic hydroxyl groups excluding tert-OH is 1. The molecule has 1 heterocycles. The van der Waals surface area contributed by atoms with E-state index in [1.807, 2.05) is 6.08 Å². The fourth-order valence-corrected chi connectivity index (χ4v) is 3.33. The van der Waals surface area contributed by atoms with Crippen molar-refractivity contribution in [3.63, 3.8) is 0 Å². The number of rotatable bonds is 7. The molecule has 6 nitrogen and oxygen atoms in total. The summed E-state index contributed by atoms with van der Waals surface area (Å²) in [6, 6.07) is -0.344. The van der Waals surface area contributed by atoms with E-state index in [-0.39, 0.29) is 37.0 Å². The van der Waals surface area contributed by atoms with Gasteiger partial charge in [0.05, 0.1) is 25.2 Å². The minimum absolute atomic E-state index is 0.0250. The molecule has 0 saturated heterocycles. The third kappa shape index (κ3) is 5.91. The van der Waals surface area contributed by atoms with Gasteiger partial charge in [0, 0.05) is 13.0 Å². The normalized spacial score (nSPS) is 27.7. The Balaban J connectivity index is 1.76. The van der Waals surface area contributed by atoms with Crippen LogP contribution in [0.1, 0.15) is 51.9 Å². The number of hydrogen-bond acceptors (Lipinski definition) is 4. The first-order valence-corrected chi connectivity index (χ1v) is 9.13. The largest absolute Gasteiger partial charge is 0.394 e. The van der Waals surface area contributed by atoms with Crippen molar-refractivity contribution in [3.05, 3.63) is 12.2 Å². The van der Waals surface area contributed by atoms with Gasteiger partial charge < -0.3 is 20.5 Å². The average Bonchev–Trinajstić information content (AvgIpc) is 2.62. The van der Waals surface area contributed by atoms with Gasteiger partial charge in [-0.2, -0.15) is 0 Å². The highest BCUT2D eigenvalue weighted by Crippen LogP contribution is 2.23. The molecule has 24 heavy (non-hydrogen) atoms. The molecule has 0 aromatic carbocycles. The average molecular weight is 338 g/mol. The van der Waals surface area contributed by atoms with Gasteiger partial charge >= 0.3 is 0 Å². The van der Waals surface area contributed by atoms with Crippen LogP contribution in [0.25, 0.3) is 0 Å². The Morgan fingerprint density at radius 1 is 1.17 bits per heavy atom. The Morgan fingerprint density at radius 2 is 1.92 bits per heavy atom. The Morgan fingerprint density at radius 3 is 2.58 bits per heavy atom. The number of carbonyl (C=O) groups is 2. The SMILES string of the molecule is CCC(=O)N[C@@H]1C=C[C@@H](CC(=O)NCC2CCCCC2)O[C@H]1CO. The van der Waals surface area contributed by atoms with Crippen molar-refractivity contribution in [2.75, 3.05) is 13.2 Å². The van der Waals surface area contributed by atoms with Crippen molar-refractivity contribution in [1.82, 2.24) is 10.6 Å². The smallest absolute Gasteiger partial charge is 0.222 e. The molecule has 0 bridgehead atoms. The number of aliphatic hydroxyl groups is 1. The predicted octanol–water partition coefficient (Wildman–Crippen LogP) is 1.28. The van der Waals surface area contributed by atoms with Crippen molar-refractivity contribution in [2.45, 2.75) is 70.1 Å². The van der Waals surface area contributed by atoms with Gasteiger partial charge in [0.25, 0.3) is 0 Å². The number of carbonyl (C=O) groups excluding carboxylic acids is 2. The van der Waals surface area contributed by atoms with Gasteiger partial charge in [-0.05, 0) is 18.8 Å². The maximum absolute atomic E-state index is 12.1. The van der Waals surface area contributed by atoms with Gasteiger partial charge in [-0.15, -0.1) is 0 Å². The van der Waals surface area contributed by atoms with Gasteiger partial charge in [0.1, 0.15) is 6.10 Å². The van der Waals surface area contributed by atoms with Crippen LogP contribution < -0.4 is 10.6 Å². The molecule has 0 aromatic rings. The van der Waals surface area contributed by atoms with Crippen molar-refractivity contribution in [3.8, 4) is 0 Å². The lowest BCUT2D eigenvalue weighted by atomic mass is 9.89. The molecule has 136 valence electrons. The van der Waals surface area contributed by atoms with E-state index in [2.05, 4.69) is 10.6 Å². The van der Waals surface area contributed by atoms with E-state index in [4.69, 9.17) is 4.74 Å². The summed E-state index contributed by atoms with van der Waals surface area (Å²) >= 11 is 0. The van der Waals surface area contributed by atoms with Crippen LogP contribution in [0.2, 0.25) is 0 Å². The molecular weight excluding hydrogens is 308 g/mol. The van der Waals surface area contributed by atoms with Gasteiger partial charge in [-0.3, -0.25) is 9.59 Å². The standard InChI is InChI=1S/C18H30N2O4/c1-2-17(22)20-15-9-8-14(24-16(15)12-21)10-18(23)19-11-13-6-4-3-5-7-13/h8-9,13-16,21H,2-7,10-12H2,1H3,(H,19,23)(H,20,22)/t14-,15+,16-/m0/s1. The molecule has 0 unspecified atom stereocenters. The molecule has 2 rings (SSSR count). The maximum atomic E-state index is 12.1. The molecule has 3 N–H and O–H groups in total. The summed E-state index contributed by atoms with van der Waals surface area (Å²) in [7, 11) is 0. The molecule has 1 fully saturated rings. The van der Waals surface area contributed by atoms with Crippen molar-refractivity contribution >= 4 is 11.8 Å². The Kier molecular flexibility index (Phi) is 7.72. The van der Waals surface area contributed by atoms with Crippen LogP contribution >= 0.6 is 0 Å². The summed E-state index contributed by atoms with van der Waals surface area (Å²) in [6.07, 6.45) is 9.61. The highest BCUT2D eigenvalue weighted by Gasteiger charge is 2.28. The fraction of sp³-hybridized carbons (Fsp3) is 0.778. The van der Waals surface area contributed by atoms with Gasteiger partial charge in [-0.1, -0.05) is 38.3 Å². The summed E-state index contributed by atoms with van der Waals surface area (Å²) in [5, 5.41) is 15.3. The molecule has 1 aliphatic heterocycles. The molecule has 3 atom stereocenters. The first-order valence-electron chi connectivity index (χ1n) is 9.13. The van der Waals surface area contributed by atoms with E-state index in [0.29, 0.717) is 12.3 Å². The highest BCUT2D eigenvalue weighted by atomic mass is 16.5. The van der Waals surface area contributed by atoms with E-state index >= 15 is 0 Å². The zero-order valence-electron chi connectivity index (χ0n) is 14.5. The Hall–Kier alpha value is -1.40. The molecule has 2 amide bonds. The lowest BCUT2D eigenvalue weighted by molar-refractivity contribution is -0.128. The second-order valence-corrected chi connectivity index (χ2v) is 6.74. The second-order valence-electron chi connectivity index (χ2n) is 6.74. The minimum atomic E-state index is -0.512. The summed E-state index contributed by atoms with van der Waals surface area (Å²) in [4.78, 5) is 23.6. The highest BCUT2D eigenvalue weighted by molar-refractivity contribution is 5.77. The lowest BCUT2D eigenvalue weighted by Crippen LogP contribution is -2.49. The summed E-state index contributed by atoms with van der Waals surface area (Å²) in [6.45, 7) is 2.32. The Labute approximate surface area is 144 Å². The third-order valence-corrected chi connectivity index (χ3v) is 4.81. The molecule has 1 aliphatic carbocycles. The number of ether oxygens (including phenoxy) is 1. The molecule has 0 aromatic heterocycles. The third-order valence-electron chi connectivity index (χ3n) is 4.81. The first-order chi connectivity index (χ1) is 11.6. The monoisotopic (exact) mass is 338 g/mol. The van der Waals surface area contributed by atoms with E-state index in [0.717, 1.165) is 6.54 Å². The van der Waals surface area contributed by atoms with Crippen LogP contribution in [0.5, 0.6) is 0 Å². The molecule has 0 radical (unpaired) electrons. The second kappa shape index (κ2) is 9.79. The lowest BCUT2D eigenvalue weighted by Gasteiger charge is -2.31. The number of hydrogen-bond donors (Lipinski definition) is 3. The van der Waals surface area contributed by atoms with Gasteiger partial charge in [0.15, 0.2) is 0 Å². The van der Waals surface area contributed by atoms with E-state index in [9.17, 15) is 14.7 Å². The van der Waals surface area contributed by atoms with Crippen LogP contribution in [0.3, 0.4) is 0 Å². The van der Waals surface area contributed by atoms with Crippen LogP contribution in [0.15, 0.2) is 12.2 Å². The van der Waals surface area contributed by atoms with Crippen LogP contribution in [0, 0.1) is 5.92 Å². The topological polar surface area (TPSA) is 87.7 Å². The van der Waals surface area contributed by atoms with Crippen molar-refractivity contribution in [1.29, 1.82) is 0 Å². The molecule has 2 aliphatic rings. The zero-order chi connectivity index (χ0) is 17.4. The number of nitrogens with one attached hydrogen (secondary N) is 2. The van der Waals surface area contributed by atoms with Crippen LogP contribution in [-0.2, 0) is 14.3 Å². The van der Waals surface area contributed by atoms with Crippen LogP contribution in [0.4, 0.5) is 0 Å². The van der Waals surface area contributed by atoms with Crippen molar-refractivity contribution < 1.29 is 19.4 Å². The summed E-state index contributed by atoms with van der Waals surface area (Å²) in [5.41, 5.74) is 0. The maximum Gasteiger partial charge on any atom is 0.222 e. The van der Waals surface area contributed by atoms with Crippen LogP contribution in [-0.4, -0.2) is 48.3 Å². The minimum Gasteiger partial charge on any atom is -0.394 e. The van der Waals surface area contributed by atoms with E-state index < -0.39 is 6.10 Å². The summed E-state index contributed by atoms with van der Waals surface area (Å²) in [5.74, 6) is 0.489. The quantitative estimate of drug-likeness (QED) is 0.610. The van der Waals surface area contributed by atoms with E-state index in [1.54, 1.807) is 13.0 Å². The van der Waals surface area contributed by atoms with Gasteiger partial charge in [0.2, 0.25) is 11.8 Å². The zero-order valence-corrected chi connectivity index (χ0v) is 14.5. The Bertz CT molecular complexity index is 446. The predicted molar refractivity (Wildman–Crippen MR) is 91.3 cm³/mol. The molecule has 6 heteroatoms. The van der Waals surface area contributed by atoms with Gasteiger partial charge in [-0.25, -0.2) is 0 Å².